The maximum Gasteiger partial charge on any atom is 0.259 e. The molecule has 0 saturated heterocycles. The quantitative estimate of drug-likeness (QED) is 0.341. The summed E-state index contributed by atoms with van der Waals surface area (Å²) in [5, 5.41) is 10.1. The lowest BCUT2D eigenvalue weighted by atomic mass is 10.1. The number of Topliss-reactive ketones (excluding diaryl/α,β-unsaturated/α-hetero) is 1. The normalized spacial score (nSPS) is 12.5. The first-order valence-corrected chi connectivity index (χ1v) is 8.29. The summed E-state index contributed by atoms with van der Waals surface area (Å²) in [5.41, 5.74) is 1.51. The molecule has 0 unspecified atom stereocenters. The highest BCUT2D eigenvalue weighted by Crippen LogP contribution is 2.12. The molecule has 0 atom stereocenters. The molecule has 8 heteroatoms. The van der Waals surface area contributed by atoms with Gasteiger partial charge in [0.05, 0.1) is 17.4 Å². The van der Waals surface area contributed by atoms with Gasteiger partial charge >= 0.3 is 0 Å². The van der Waals surface area contributed by atoms with Crippen molar-refractivity contribution >= 4 is 28.8 Å². The molecule has 0 radical (unpaired) electrons. The van der Waals surface area contributed by atoms with Gasteiger partial charge in [-0.15, -0.1) is 11.3 Å². The molecule has 0 aromatic carbocycles. The lowest BCUT2D eigenvalue weighted by Crippen LogP contribution is -2.15. The van der Waals surface area contributed by atoms with Crippen molar-refractivity contribution in [1.82, 2.24) is 15.6 Å². The molecule has 0 fully saturated rings. The third-order valence-corrected chi connectivity index (χ3v) is 3.49. The maximum atomic E-state index is 13.0. The highest BCUT2D eigenvalue weighted by molar-refractivity contribution is 7.07. The fourth-order valence-electron chi connectivity index (χ4n) is 1.64. The average Bonchev–Trinajstić information content (AvgIpc) is 3.06. The largest absolute Gasteiger partial charge is 0.391 e. The minimum Gasteiger partial charge on any atom is -0.391 e. The minimum atomic E-state index is -0.669. The molecule has 0 spiro atoms. The molecule has 1 rings (SSSR count). The fraction of sp³-hybridized carbons (Fsp3) is 0.312. The van der Waals surface area contributed by atoms with Crippen LogP contribution in [0.25, 0.3) is 0 Å². The molecule has 1 aromatic heterocycles. The van der Waals surface area contributed by atoms with Crippen LogP contribution in [0.2, 0.25) is 0 Å². The van der Waals surface area contributed by atoms with Gasteiger partial charge in [-0.25, -0.2) is 9.37 Å². The van der Waals surface area contributed by atoms with E-state index in [-0.39, 0.29) is 23.3 Å². The number of anilines is 1. The van der Waals surface area contributed by atoms with Gasteiger partial charge in [0.15, 0.2) is 5.78 Å². The van der Waals surface area contributed by atoms with Crippen LogP contribution in [0.4, 0.5) is 10.2 Å². The second-order valence-corrected chi connectivity index (χ2v) is 5.51. The average molecular weight is 352 g/mol. The number of carbonyl (C=O) groups excluding carboxylic acids is 2. The molecule has 130 valence electrons. The van der Waals surface area contributed by atoms with Crippen molar-refractivity contribution in [2.45, 2.75) is 13.3 Å². The number of nitrogens with zero attached hydrogens (tertiary/aromatic N) is 1. The van der Waals surface area contributed by atoms with E-state index in [0.29, 0.717) is 5.82 Å². The van der Waals surface area contributed by atoms with Crippen LogP contribution in [-0.2, 0) is 9.59 Å². The van der Waals surface area contributed by atoms with Gasteiger partial charge in [-0.1, -0.05) is 0 Å². The molecule has 6 nitrogen and oxygen atoms in total. The molecule has 24 heavy (non-hydrogen) atoms. The Labute approximate surface area is 144 Å². The molecule has 0 bridgehead atoms. The smallest absolute Gasteiger partial charge is 0.259 e. The molecule has 3 N–H and O–H groups in total. The van der Waals surface area contributed by atoms with Crippen LogP contribution in [0.1, 0.15) is 13.3 Å². The van der Waals surface area contributed by atoms with E-state index in [9.17, 15) is 14.0 Å². The van der Waals surface area contributed by atoms with Gasteiger partial charge in [0.2, 0.25) is 0 Å². The summed E-state index contributed by atoms with van der Waals surface area (Å²) in [6, 6.07) is 0. The van der Waals surface area contributed by atoms with Gasteiger partial charge in [0, 0.05) is 17.5 Å². The van der Waals surface area contributed by atoms with Crippen LogP contribution in [-0.4, -0.2) is 36.8 Å². The number of ketones is 1. The van der Waals surface area contributed by atoms with Crippen LogP contribution in [0, 0.1) is 0 Å². The minimum absolute atomic E-state index is 0.166. The van der Waals surface area contributed by atoms with Crippen molar-refractivity contribution in [3.63, 3.8) is 0 Å². The van der Waals surface area contributed by atoms with Crippen molar-refractivity contribution in [1.29, 1.82) is 0 Å². The van der Waals surface area contributed by atoms with E-state index in [0.717, 1.165) is 19.5 Å². The number of carbonyl (C=O) groups is 2. The SMILES string of the molecule is CNCCCN/C=C/C(=C\C(=C/F)C(=O)Nc1cscn1)C(C)=O. The molecular weight excluding hydrogens is 331 g/mol. The topological polar surface area (TPSA) is 83.1 Å². The van der Waals surface area contributed by atoms with Crippen molar-refractivity contribution < 1.29 is 14.0 Å². The van der Waals surface area contributed by atoms with Gasteiger partial charge in [0.1, 0.15) is 5.82 Å². The zero-order valence-corrected chi connectivity index (χ0v) is 14.5. The van der Waals surface area contributed by atoms with E-state index in [4.69, 9.17) is 0 Å². The van der Waals surface area contributed by atoms with E-state index >= 15 is 0 Å². The third-order valence-electron chi connectivity index (χ3n) is 2.90. The van der Waals surface area contributed by atoms with Gasteiger partial charge < -0.3 is 16.0 Å². The van der Waals surface area contributed by atoms with Gasteiger partial charge in [-0.05, 0) is 45.3 Å². The van der Waals surface area contributed by atoms with Crippen LogP contribution in [0.5, 0.6) is 0 Å². The summed E-state index contributed by atoms with van der Waals surface area (Å²) in [7, 11) is 1.87. The highest BCUT2D eigenvalue weighted by Gasteiger charge is 2.11. The summed E-state index contributed by atoms with van der Waals surface area (Å²) < 4.78 is 13.0. The predicted molar refractivity (Wildman–Crippen MR) is 94.4 cm³/mol. The van der Waals surface area contributed by atoms with E-state index in [1.165, 1.54) is 30.4 Å². The summed E-state index contributed by atoms with van der Waals surface area (Å²) in [6.45, 7) is 2.96. The van der Waals surface area contributed by atoms with Crippen LogP contribution < -0.4 is 16.0 Å². The number of aromatic nitrogens is 1. The third kappa shape index (κ3) is 7.30. The van der Waals surface area contributed by atoms with Crippen LogP contribution in [0.15, 0.2) is 46.7 Å². The number of hydrogen-bond donors (Lipinski definition) is 3. The van der Waals surface area contributed by atoms with E-state index in [1.54, 1.807) is 17.1 Å². The zero-order chi connectivity index (χ0) is 17.8. The summed E-state index contributed by atoms with van der Waals surface area (Å²) in [6.07, 6.45) is 5.42. The van der Waals surface area contributed by atoms with Crippen molar-refractivity contribution in [3.05, 3.63) is 46.7 Å². The molecule has 0 aliphatic rings. The molecule has 1 aromatic rings. The molecule has 1 heterocycles. The van der Waals surface area contributed by atoms with Gasteiger partial charge in [0.25, 0.3) is 5.91 Å². The zero-order valence-electron chi connectivity index (χ0n) is 13.6. The predicted octanol–water partition coefficient (Wildman–Crippen LogP) is 2.16. The Kier molecular flexibility index (Phi) is 9.25. The van der Waals surface area contributed by atoms with E-state index in [1.807, 2.05) is 7.05 Å². The first-order chi connectivity index (χ1) is 11.6. The van der Waals surface area contributed by atoms with E-state index < -0.39 is 5.91 Å². The molecule has 0 aliphatic carbocycles. The number of allylic oxidation sites excluding steroid dienone is 2. The summed E-state index contributed by atoms with van der Waals surface area (Å²) in [5.74, 6) is -0.606. The number of hydrogen-bond acceptors (Lipinski definition) is 6. The number of amides is 1. The van der Waals surface area contributed by atoms with E-state index in [2.05, 4.69) is 20.9 Å². The Morgan fingerprint density at radius 1 is 1.33 bits per heavy atom. The van der Waals surface area contributed by atoms with Crippen molar-refractivity contribution in [2.24, 2.45) is 0 Å². The fourth-order valence-corrected chi connectivity index (χ4v) is 2.13. The molecular formula is C16H21FN4O2S. The van der Waals surface area contributed by atoms with Gasteiger partial charge in [-0.3, -0.25) is 9.59 Å². The lowest BCUT2D eigenvalue weighted by Gasteiger charge is -2.04. The number of nitrogens with one attached hydrogen (secondary N) is 3. The maximum absolute atomic E-state index is 13.0. The second kappa shape index (κ2) is 11.3. The Bertz CT molecular complexity index is 624. The Balaban J connectivity index is 2.71. The van der Waals surface area contributed by atoms with Crippen molar-refractivity contribution in [2.75, 3.05) is 25.5 Å². The van der Waals surface area contributed by atoms with Crippen LogP contribution >= 0.6 is 11.3 Å². The van der Waals surface area contributed by atoms with Crippen LogP contribution in [0.3, 0.4) is 0 Å². The Hall–Kier alpha value is -2.32. The monoisotopic (exact) mass is 352 g/mol. The first kappa shape index (κ1) is 19.7. The molecule has 0 aliphatic heterocycles. The summed E-state index contributed by atoms with van der Waals surface area (Å²) in [4.78, 5) is 27.5. The highest BCUT2D eigenvalue weighted by atomic mass is 32.1. The molecule has 1 amide bonds. The standard InChI is InChI=1S/C16H21FN4O2S/c1-12(22)13(4-7-19-6-3-5-18-2)8-14(9-17)16(23)21-15-10-24-11-20-15/h4,7-11,18-19H,3,5-6H2,1-2H3,(H,21,23)/b7-4+,13-8+,14-9+. The van der Waals surface area contributed by atoms with Gasteiger partial charge in [-0.2, -0.15) is 0 Å². The Morgan fingerprint density at radius 2 is 2.12 bits per heavy atom. The molecule has 0 saturated carbocycles. The Morgan fingerprint density at radius 3 is 2.71 bits per heavy atom. The first-order valence-electron chi connectivity index (χ1n) is 7.35. The summed E-state index contributed by atoms with van der Waals surface area (Å²) >= 11 is 1.31. The number of rotatable bonds is 10. The van der Waals surface area contributed by atoms with Crippen molar-refractivity contribution in [3.8, 4) is 0 Å². The number of halogens is 1. The number of thiazole rings is 1. The lowest BCUT2D eigenvalue weighted by molar-refractivity contribution is -0.113. The second-order valence-electron chi connectivity index (χ2n) is 4.79.